The molecular formula is C39H47N5O7S. The Bertz CT molecular complexity index is 1980. The maximum absolute atomic E-state index is 14.7. The molecule has 4 aromatic rings. The second kappa shape index (κ2) is 15.4. The summed E-state index contributed by atoms with van der Waals surface area (Å²) in [5.74, 6) is 0.456. The second-order valence-corrected chi connectivity index (χ2v) is 16.1. The maximum Gasteiger partial charge on any atom is 0.410 e. The Labute approximate surface area is 306 Å². The predicted molar refractivity (Wildman–Crippen MR) is 197 cm³/mol. The minimum atomic E-state index is -3.93. The molecule has 2 saturated heterocycles. The third-order valence-corrected chi connectivity index (χ3v) is 11.4. The van der Waals surface area contributed by atoms with Crippen LogP contribution < -0.4 is 9.47 Å². The Hall–Kier alpha value is -4.88. The predicted octanol–water partition coefficient (Wildman–Crippen LogP) is 5.90. The van der Waals surface area contributed by atoms with E-state index in [1.165, 1.54) is 24.6 Å². The van der Waals surface area contributed by atoms with Crippen LogP contribution in [0.1, 0.15) is 55.7 Å². The quantitative estimate of drug-likeness (QED) is 0.209. The molecule has 3 heterocycles. The van der Waals surface area contributed by atoms with Gasteiger partial charge in [-0.1, -0.05) is 60.7 Å². The Morgan fingerprint density at radius 1 is 0.885 bits per heavy atom. The summed E-state index contributed by atoms with van der Waals surface area (Å²) in [6.07, 6.45) is 3.10. The zero-order valence-electron chi connectivity index (χ0n) is 30.4. The highest BCUT2D eigenvalue weighted by atomic mass is 32.2. The summed E-state index contributed by atoms with van der Waals surface area (Å²) in [6, 6.07) is 23.6. The van der Waals surface area contributed by atoms with E-state index in [2.05, 4.69) is 0 Å². The first-order chi connectivity index (χ1) is 24.9. The van der Waals surface area contributed by atoms with E-state index < -0.39 is 21.7 Å². The molecule has 2 amide bonds. The zero-order chi connectivity index (χ0) is 37.0. The van der Waals surface area contributed by atoms with Crippen molar-refractivity contribution in [3.05, 3.63) is 96.4 Å². The normalized spacial score (nSPS) is 18.6. The lowest BCUT2D eigenvalue weighted by atomic mass is 10.0. The van der Waals surface area contributed by atoms with Crippen LogP contribution >= 0.6 is 0 Å². The van der Waals surface area contributed by atoms with Gasteiger partial charge in [-0.25, -0.2) is 18.2 Å². The van der Waals surface area contributed by atoms with Crippen LogP contribution in [0.5, 0.6) is 11.5 Å². The fraction of sp³-hybridized carbons (Fsp3) is 0.410. The Balaban J connectivity index is 1.33. The minimum absolute atomic E-state index is 0.0659. The average molecular weight is 730 g/mol. The molecule has 0 spiro atoms. The molecule has 52 heavy (non-hydrogen) atoms. The van der Waals surface area contributed by atoms with Gasteiger partial charge in [-0.2, -0.15) is 4.31 Å². The number of sulfonamides is 1. The molecular weight excluding hydrogens is 683 g/mol. The number of piperidine rings is 1. The van der Waals surface area contributed by atoms with Crippen molar-refractivity contribution in [3.63, 3.8) is 0 Å². The number of carbonyl (C=O) groups is 2. The number of hydrogen-bond acceptors (Lipinski definition) is 8. The number of nitrogens with zero attached hydrogens (tertiary/aromatic N) is 5. The highest BCUT2D eigenvalue weighted by molar-refractivity contribution is 7.89. The van der Waals surface area contributed by atoms with E-state index in [0.717, 1.165) is 11.1 Å². The molecule has 13 heteroatoms. The van der Waals surface area contributed by atoms with Gasteiger partial charge in [0, 0.05) is 50.4 Å². The van der Waals surface area contributed by atoms with Gasteiger partial charge in [0.2, 0.25) is 10.0 Å². The third kappa shape index (κ3) is 7.95. The fourth-order valence-electron chi connectivity index (χ4n) is 6.98. The number of methoxy groups -OCH3 is 2. The minimum Gasteiger partial charge on any atom is -0.497 e. The van der Waals surface area contributed by atoms with E-state index in [0.29, 0.717) is 56.9 Å². The molecule has 3 aromatic carbocycles. The number of carbonyl (C=O) groups excluding carboxylic acids is 2. The summed E-state index contributed by atoms with van der Waals surface area (Å²) in [5.41, 5.74) is 2.11. The van der Waals surface area contributed by atoms with E-state index in [4.69, 9.17) is 19.2 Å². The molecule has 276 valence electrons. The molecule has 0 N–H and O–H groups in total. The summed E-state index contributed by atoms with van der Waals surface area (Å²) in [4.78, 5) is 36.2. The van der Waals surface area contributed by atoms with Crippen LogP contribution in [-0.2, 0) is 21.2 Å². The second-order valence-electron chi connectivity index (χ2n) is 14.2. The van der Waals surface area contributed by atoms with Gasteiger partial charge < -0.3 is 28.6 Å². The van der Waals surface area contributed by atoms with Crippen molar-refractivity contribution in [2.24, 2.45) is 0 Å². The van der Waals surface area contributed by atoms with Crippen molar-refractivity contribution in [2.45, 2.75) is 62.6 Å². The Morgan fingerprint density at radius 2 is 1.60 bits per heavy atom. The number of imidazole rings is 1. The van der Waals surface area contributed by atoms with Gasteiger partial charge >= 0.3 is 6.09 Å². The molecule has 0 saturated carbocycles. The van der Waals surface area contributed by atoms with E-state index in [1.807, 2.05) is 90.9 Å². The zero-order valence-corrected chi connectivity index (χ0v) is 31.2. The Kier molecular flexibility index (Phi) is 10.9. The van der Waals surface area contributed by atoms with Crippen molar-refractivity contribution < 1.29 is 32.2 Å². The summed E-state index contributed by atoms with van der Waals surface area (Å²) < 4.78 is 47.9. The van der Waals surface area contributed by atoms with Crippen molar-refractivity contribution in [2.75, 3.05) is 46.9 Å². The molecule has 2 fully saturated rings. The van der Waals surface area contributed by atoms with E-state index in [9.17, 15) is 18.0 Å². The van der Waals surface area contributed by atoms with E-state index in [-0.39, 0.29) is 40.9 Å². The van der Waals surface area contributed by atoms with Crippen LogP contribution in [0.4, 0.5) is 4.79 Å². The van der Waals surface area contributed by atoms with Gasteiger partial charge in [-0.05, 0) is 57.7 Å². The standard InChI is InChI=1S/C39H47N5O7S/c1-39(2,3)51-38(46)41-21-22-43(31(25-41)23-28-13-8-6-9-14-28)37(45)35-36(29-15-10-7-11-16-29)44(27-40-35)30-17-12-20-42(26-30)52(47,48)34-19-18-32(49-4)24-33(34)50-5/h6-11,13-16,18-19,24,27,30-31H,12,17,20-23,25-26H2,1-5H3/t30?,31-/m1/s1. The molecule has 0 bridgehead atoms. The lowest BCUT2D eigenvalue weighted by Crippen LogP contribution is -2.58. The SMILES string of the molecule is COc1ccc(S(=O)(=O)N2CCCC(n3cnc(C(=O)N4CCN(C(=O)OC(C)(C)C)C[C@H]4Cc4ccccc4)c3-c3ccccc3)C2)c(OC)c1. The monoisotopic (exact) mass is 729 g/mol. The molecule has 0 aliphatic carbocycles. The summed E-state index contributed by atoms with van der Waals surface area (Å²) >= 11 is 0. The van der Waals surface area contributed by atoms with Gasteiger partial charge in [0.05, 0.1) is 32.3 Å². The fourth-order valence-corrected chi connectivity index (χ4v) is 8.63. The lowest BCUT2D eigenvalue weighted by Gasteiger charge is -2.41. The molecule has 2 aliphatic heterocycles. The molecule has 12 nitrogen and oxygen atoms in total. The molecule has 2 aliphatic rings. The Morgan fingerprint density at radius 3 is 2.27 bits per heavy atom. The molecule has 1 aromatic heterocycles. The number of aromatic nitrogens is 2. The van der Waals surface area contributed by atoms with Crippen molar-refractivity contribution >= 4 is 22.0 Å². The van der Waals surface area contributed by atoms with Crippen LogP contribution in [0.15, 0.2) is 90.1 Å². The number of benzene rings is 3. The highest BCUT2D eigenvalue weighted by Crippen LogP contribution is 2.36. The van der Waals surface area contributed by atoms with Crippen molar-refractivity contribution in [1.82, 2.24) is 23.7 Å². The number of rotatable bonds is 9. The van der Waals surface area contributed by atoms with Crippen LogP contribution in [0.2, 0.25) is 0 Å². The number of hydrogen-bond donors (Lipinski definition) is 0. The highest BCUT2D eigenvalue weighted by Gasteiger charge is 2.39. The van der Waals surface area contributed by atoms with Gasteiger partial charge in [0.25, 0.3) is 5.91 Å². The number of piperazine rings is 1. The first kappa shape index (κ1) is 36.9. The molecule has 6 rings (SSSR count). The summed E-state index contributed by atoms with van der Waals surface area (Å²) in [5, 5.41) is 0. The van der Waals surface area contributed by atoms with Gasteiger partial charge in [0.1, 0.15) is 22.0 Å². The van der Waals surface area contributed by atoms with Gasteiger partial charge in [-0.15, -0.1) is 0 Å². The third-order valence-electron chi connectivity index (χ3n) is 9.49. The maximum atomic E-state index is 14.7. The lowest BCUT2D eigenvalue weighted by molar-refractivity contribution is 0.00429. The number of ether oxygens (including phenoxy) is 3. The van der Waals surface area contributed by atoms with Crippen LogP contribution in [0.25, 0.3) is 11.3 Å². The smallest absolute Gasteiger partial charge is 0.410 e. The molecule has 1 unspecified atom stereocenters. The van der Waals surface area contributed by atoms with Gasteiger partial charge in [0.15, 0.2) is 5.69 Å². The largest absolute Gasteiger partial charge is 0.497 e. The van der Waals surface area contributed by atoms with Crippen molar-refractivity contribution in [1.29, 1.82) is 0 Å². The molecule has 2 atom stereocenters. The summed E-state index contributed by atoms with van der Waals surface area (Å²) in [7, 11) is -0.985. The summed E-state index contributed by atoms with van der Waals surface area (Å²) in [6.45, 7) is 6.97. The number of amides is 2. The van der Waals surface area contributed by atoms with E-state index >= 15 is 0 Å². The first-order valence-corrected chi connectivity index (χ1v) is 19.0. The van der Waals surface area contributed by atoms with Crippen molar-refractivity contribution in [3.8, 4) is 22.8 Å². The van der Waals surface area contributed by atoms with Crippen LogP contribution in [0, 0.1) is 0 Å². The van der Waals surface area contributed by atoms with E-state index in [1.54, 1.807) is 23.4 Å². The first-order valence-electron chi connectivity index (χ1n) is 17.6. The average Bonchev–Trinajstić information content (AvgIpc) is 3.60. The van der Waals surface area contributed by atoms with Gasteiger partial charge in [-0.3, -0.25) is 4.79 Å². The molecule has 0 radical (unpaired) electrons. The topological polar surface area (TPSA) is 124 Å². The van der Waals surface area contributed by atoms with Crippen LogP contribution in [-0.4, -0.2) is 103 Å². The van der Waals surface area contributed by atoms with Crippen LogP contribution in [0.3, 0.4) is 0 Å².